The van der Waals surface area contributed by atoms with Gasteiger partial charge >= 0.3 is 0 Å². The number of amides is 1. The minimum absolute atomic E-state index is 0.00982. The van der Waals surface area contributed by atoms with Crippen LogP contribution in [0.2, 0.25) is 0 Å². The van der Waals surface area contributed by atoms with Crippen molar-refractivity contribution >= 4 is 5.91 Å². The zero-order chi connectivity index (χ0) is 13.6. The van der Waals surface area contributed by atoms with Crippen LogP contribution < -0.4 is 0 Å². The van der Waals surface area contributed by atoms with Gasteiger partial charge in [-0.3, -0.25) is 4.79 Å². The molecule has 0 aromatic heterocycles. The third-order valence-corrected chi connectivity index (χ3v) is 4.68. The topological polar surface area (TPSA) is 40.5 Å². The van der Waals surface area contributed by atoms with E-state index in [9.17, 15) is 9.90 Å². The van der Waals surface area contributed by atoms with Gasteiger partial charge in [0.1, 0.15) is 0 Å². The van der Waals surface area contributed by atoms with Crippen molar-refractivity contribution < 1.29 is 9.90 Å². The summed E-state index contributed by atoms with van der Waals surface area (Å²) in [6.45, 7) is 5.02. The van der Waals surface area contributed by atoms with E-state index in [0.717, 1.165) is 24.9 Å². The molecule has 2 aliphatic rings. The van der Waals surface area contributed by atoms with Gasteiger partial charge in [-0.15, -0.1) is 0 Å². The summed E-state index contributed by atoms with van der Waals surface area (Å²) < 4.78 is 0. The molecule has 1 saturated carbocycles. The van der Waals surface area contributed by atoms with E-state index in [1.54, 1.807) is 0 Å². The summed E-state index contributed by atoms with van der Waals surface area (Å²) in [6, 6.07) is 7.98. The first kappa shape index (κ1) is 12.7. The van der Waals surface area contributed by atoms with Crippen molar-refractivity contribution in [3.63, 3.8) is 0 Å². The highest BCUT2D eigenvalue weighted by atomic mass is 16.3. The van der Waals surface area contributed by atoms with Crippen LogP contribution in [-0.4, -0.2) is 29.1 Å². The zero-order valence-corrected chi connectivity index (χ0v) is 11.6. The van der Waals surface area contributed by atoms with Crippen molar-refractivity contribution in [1.82, 2.24) is 4.90 Å². The number of hydrogen-bond acceptors (Lipinski definition) is 2. The maximum absolute atomic E-state index is 12.6. The monoisotopic (exact) mass is 259 g/mol. The number of rotatable bonds is 2. The van der Waals surface area contributed by atoms with E-state index in [4.69, 9.17) is 0 Å². The molecule has 1 aliphatic carbocycles. The molecule has 1 aromatic carbocycles. The van der Waals surface area contributed by atoms with Crippen molar-refractivity contribution in [2.24, 2.45) is 11.3 Å². The van der Waals surface area contributed by atoms with Crippen LogP contribution in [0, 0.1) is 11.3 Å². The van der Waals surface area contributed by atoms with Gasteiger partial charge in [-0.05, 0) is 29.4 Å². The highest BCUT2D eigenvalue weighted by Crippen LogP contribution is 2.53. The third kappa shape index (κ3) is 2.06. The number of hydrogen-bond donors (Lipinski definition) is 1. The molecular weight excluding hydrogens is 238 g/mol. The first-order valence-electron chi connectivity index (χ1n) is 7.04. The summed E-state index contributed by atoms with van der Waals surface area (Å²) in [4.78, 5) is 14.5. The van der Waals surface area contributed by atoms with Crippen molar-refractivity contribution in [2.75, 3.05) is 13.2 Å². The number of aliphatic hydroxyl groups excluding tert-OH is 1. The smallest absolute Gasteiger partial charge is 0.226 e. The zero-order valence-electron chi connectivity index (χ0n) is 11.6. The Morgan fingerprint density at radius 1 is 1.42 bits per heavy atom. The minimum atomic E-state index is -0.158. The van der Waals surface area contributed by atoms with Crippen LogP contribution in [0.15, 0.2) is 24.3 Å². The van der Waals surface area contributed by atoms with E-state index >= 15 is 0 Å². The Balaban J connectivity index is 1.86. The Morgan fingerprint density at radius 2 is 2.11 bits per heavy atom. The van der Waals surface area contributed by atoms with E-state index < -0.39 is 0 Å². The maximum atomic E-state index is 12.6. The lowest BCUT2D eigenvalue weighted by molar-refractivity contribution is -0.137. The Labute approximate surface area is 114 Å². The normalized spacial score (nSPS) is 27.8. The maximum Gasteiger partial charge on any atom is 0.226 e. The predicted molar refractivity (Wildman–Crippen MR) is 73.6 cm³/mol. The lowest BCUT2D eigenvalue weighted by Gasteiger charge is -2.37. The fourth-order valence-corrected chi connectivity index (χ4v) is 3.20. The van der Waals surface area contributed by atoms with Crippen LogP contribution in [0.4, 0.5) is 0 Å². The molecule has 1 aliphatic heterocycles. The molecule has 1 heterocycles. The van der Waals surface area contributed by atoms with Crippen LogP contribution >= 0.6 is 0 Å². The van der Waals surface area contributed by atoms with Crippen molar-refractivity contribution in [3.05, 3.63) is 35.4 Å². The van der Waals surface area contributed by atoms with Gasteiger partial charge in [-0.25, -0.2) is 0 Å². The number of carbonyl (C=O) groups excluding carboxylic acids is 1. The molecule has 0 bridgehead atoms. The fraction of sp³-hybridized carbons (Fsp3) is 0.562. The highest BCUT2D eigenvalue weighted by molar-refractivity contribution is 5.83. The lowest BCUT2D eigenvalue weighted by atomic mass is 9.92. The van der Waals surface area contributed by atoms with E-state index in [2.05, 4.69) is 19.9 Å². The second-order valence-corrected chi connectivity index (χ2v) is 6.42. The molecule has 19 heavy (non-hydrogen) atoms. The third-order valence-electron chi connectivity index (χ3n) is 4.68. The van der Waals surface area contributed by atoms with Crippen molar-refractivity contribution in [1.29, 1.82) is 0 Å². The summed E-state index contributed by atoms with van der Waals surface area (Å²) in [7, 11) is 0. The van der Waals surface area contributed by atoms with Crippen LogP contribution in [0.5, 0.6) is 0 Å². The molecule has 1 aromatic rings. The van der Waals surface area contributed by atoms with Gasteiger partial charge in [0.25, 0.3) is 0 Å². The summed E-state index contributed by atoms with van der Waals surface area (Å²) in [5.74, 6) is 0.366. The van der Waals surface area contributed by atoms with Crippen LogP contribution in [0.1, 0.15) is 37.4 Å². The van der Waals surface area contributed by atoms with E-state index in [1.807, 2.05) is 23.1 Å². The standard InChI is InChI=1S/C16H21NO2/c1-16(2)9-13(16)15(19)17-8-7-11-5-3-4-6-12(11)14(17)10-18/h3-6,13-14,18H,7-10H2,1-2H3. The minimum Gasteiger partial charge on any atom is -0.394 e. The largest absolute Gasteiger partial charge is 0.394 e. The number of nitrogens with zero attached hydrogens (tertiary/aromatic N) is 1. The highest BCUT2D eigenvalue weighted by Gasteiger charge is 2.53. The molecule has 2 atom stereocenters. The Bertz CT molecular complexity index is 509. The Morgan fingerprint density at radius 3 is 2.74 bits per heavy atom. The van der Waals surface area contributed by atoms with Gasteiger partial charge in [0, 0.05) is 12.5 Å². The average Bonchev–Trinajstić information content (AvgIpc) is 3.05. The molecule has 3 rings (SSSR count). The second-order valence-electron chi connectivity index (χ2n) is 6.42. The molecule has 102 valence electrons. The molecule has 1 N–H and O–H groups in total. The quantitative estimate of drug-likeness (QED) is 0.884. The van der Waals surface area contributed by atoms with E-state index in [1.165, 1.54) is 5.56 Å². The summed E-state index contributed by atoms with van der Waals surface area (Å²) in [6.07, 6.45) is 1.87. The number of carbonyl (C=O) groups is 1. The molecule has 0 spiro atoms. The van der Waals surface area contributed by atoms with E-state index in [0.29, 0.717) is 0 Å². The van der Waals surface area contributed by atoms with Crippen LogP contribution in [-0.2, 0) is 11.2 Å². The predicted octanol–water partition coefficient (Wildman–Crippen LogP) is 2.15. The lowest BCUT2D eigenvalue weighted by Crippen LogP contribution is -2.42. The first-order chi connectivity index (χ1) is 9.04. The molecule has 0 radical (unpaired) electrons. The molecular formula is C16H21NO2. The molecule has 3 heteroatoms. The van der Waals surface area contributed by atoms with Crippen LogP contribution in [0.25, 0.3) is 0 Å². The molecule has 0 saturated heterocycles. The van der Waals surface area contributed by atoms with Crippen molar-refractivity contribution in [2.45, 2.75) is 32.7 Å². The summed E-state index contributed by atoms with van der Waals surface area (Å²) in [5.41, 5.74) is 2.53. The first-order valence-corrected chi connectivity index (χ1v) is 7.04. The van der Waals surface area contributed by atoms with Gasteiger partial charge in [-0.1, -0.05) is 38.1 Å². The van der Waals surface area contributed by atoms with Gasteiger partial charge < -0.3 is 10.0 Å². The fourth-order valence-electron chi connectivity index (χ4n) is 3.20. The van der Waals surface area contributed by atoms with Gasteiger partial charge in [0.05, 0.1) is 12.6 Å². The van der Waals surface area contributed by atoms with Crippen LogP contribution in [0.3, 0.4) is 0 Å². The molecule has 1 amide bonds. The molecule has 3 nitrogen and oxygen atoms in total. The summed E-state index contributed by atoms with van der Waals surface area (Å²) >= 11 is 0. The Kier molecular flexibility index (Phi) is 2.90. The van der Waals surface area contributed by atoms with Gasteiger partial charge in [-0.2, -0.15) is 0 Å². The molecule has 1 fully saturated rings. The number of aliphatic hydroxyl groups is 1. The second kappa shape index (κ2) is 4.34. The average molecular weight is 259 g/mol. The Hall–Kier alpha value is -1.35. The number of fused-ring (bicyclic) bond motifs is 1. The number of benzene rings is 1. The van der Waals surface area contributed by atoms with Crippen molar-refractivity contribution in [3.8, 4) is 0 Å². The van der Waals surface area contributed by atoms with Gasteiger partial charge in [0.15, 0.2) is 0 Å². The van der Waals surface area contributed by atoms with E-state index in [-0.39, 0.29) is 29.9 Å². The SMILES string of the molecule is CC1(C)CC1C(=O)N1CCc2ccccc2C1CO. The van der Waals surface area contributed by atoms with Gasteiger partial charge in [0.2, 0.25) is 5.91 Å². The molecule has 2 unspecified atom stereocenters. The summed E-state index contributed by atoms with van der Waals surface area (Å²) in [5, 5.41) is 9.70.